The minimum absolute atomic E-state index is 0.00707. The molecule has 4 nitrogen and oxygen atoms in total. The van der Waals surface area contributed by atoms with Gasteiger partial charge in [0.1, 0.15) is 5.75 Å². The van der Waals surface area contributed by atoms with Crippen LogP contribution in [0.1, 0.15) is 11.1 Å². The third-order valence-corrected chi connectivity index (χ3v) is 3.11. The number of carbonyl (C=O) groups excluding carboxylic acids is 1. The molecule has 2 N–H and O–H groups in total. The maximum absolute atomic E-state index is 11.7. The van der Waals surface area contributed by atoms with Crippen molar-refractivity contribution in [2.45, 2.75) is 13.1 Å². The highest BCUT2D eigenvalue weighted by atomic mass is 16.5. The summed E-state index contributed by atoms with van der Waals surface area (Å²) < 4.78 is 5.10. The van der Waals surface area contributed by atoms with Gasteiger partial charge in [-0.2, -0.15) is 0 Å². The van der Waals surface area contributed by atoms with Gasteiger partial charge in [-0.25, -0.2) is 0 Å². The van der Waals surface area contributed by atoms with E-state index in [0.29, 0.717) is 19.6 Å². The lowest BCUT2D eigenvalue weighted by Gasteiger charge is -2.07. The first-order valence-corrected chi connectivity index (χ1v) is 6.92. The Labute approximate surface area is 125 Å². The van der Waals surface area contributed by atoms with Gasteiger partial charge in [-0.3, -0.25) is 4.79 Å². The van der Waals surface area contributed by atoms with E-state index in [4.69, 9.17) is 4.74 Å². The van der Waals surface area contributed by atoms with Gasteiger partial charge in [0.05, 0.1) is 13.7 Å². The minimum Gasteiger partial charge on any atom is -0.497 e. The molecule has 0 aliphatic rings. The van der Waals surface area contributed by atoms with E-state index in [9.17, 15) is 4.79 Å². The second-order valence-corrected chi connectivity index (χ2v) is 4.71. The first-order chi connectivity index (χ1) is 10.3. The molecule has 0 unspecified atom stereocenters. The van der Waals surface area contributed by atoms with E-state index in [1.54, 1.807) is 7.11 Å². The molecule has 0 bridgehead atoms. The Bertz CT molecular complexity index is 553. The van der Waals surface area contributed by atoms with Crippen LogP contribution >= 0.6 is 0 Å². The van der Waals surface area contributed by atoms with Gasteiger partial charge in [-0.15, -0.1) is 0 Å². The molecule has 0 spiro atoms. The van der Waals surface area contributed by atoms with Gasteiger partial charge in [-0.05, 0) is 23.3 Å². The van der Waals surface area contributed by atoms with Crippen LogP contribution in [0.25, 0.3) is 0 Å². The molecule has 2 aromatic carbocycles. The zero-order chi connectivity index (χ0) is 14.9. The summed E-state index contributed by atoms with van der Waals surface area (Å²) in [5.74, 6) is 0.826. The Morgan fingerprint density at radius 3 is 2.29 bits per heavy atom. The van der Waals surface area contributed by atoms with E-state index in [-0.39, 0.29) is 5.91 Å². The van der Waals surface area contributed by atoms with Gasteiger partial charge < -0.3 is 15.4 Å². The second-order valence-electron chi connectivity index (χ2n) is 4.71. The third kappa shape index (κ3) is 5.28. The number of ether oxygens (including phenoxy) is 1. The number of hydrogen-bond donors (Lipinski definition) is 2. The van der Waals surface area contributed by atoms with E-state index >= 15 is 0 Å². The van der Waals surface area contributed by atoms with Gasteiger partial charge in [0.2, 0.25) is 5.91 Å². The van der Waals surface area contributed by atoms with E-state index in [2.05, 4.69) is 10.6 Å². The molecule has 0 heterocycles. The molecule has 2 rings (SSSR count). The summed E-state index contributed by atoms with van der Waals surface area (Å²) >= 11 is 0. The zero-order valence-electron chi connectivity index (χ0n) is 12.1. The molecule has 0 fully saturated rings. The molecule has 2 aromatic rings. The Morgan fingerprint density at radius 1 is 0.952 bits per heavy atom. The van der Waals surface area contributed by atoms with Crippen LogP contribution in [0.2, 0.25) is 0 Å². The lowest BCUT2D eigenvalue weighted by molar-refractivity contribution is -0.120. The fourth-order valence-corrected chi connectivity index (χ4v) is 1.92. The molecule has 0 aliphatic heterocycles. The number of carbonyl (C=O) groups is 1. The highest BCUT2D eigenvalue weighted by Gasteiger charge is 2.01. The Hall–Kier alpha value is -2.33. The summed E-state index contributed by atoms with van der Waals surface area (Å²) in [6, 6.07) is 17.6. The van der Waals surface area contributed by atoms with Crippen molar-refractivity contribution in [2.75, 3.05) is 13.7 Å². The minimum atomic E-state index is -0.00707. The van der Waals surface area contributed by atoms with Crippen LogP contribution < -0.4 is 15.4 Å². The highest BCUT2D eigenvalue weighted by Crippen LogP contribution is 2.10. The van der Waals surface area contributed by atoms with Crippen molar-refractivity contribution in [1.82, 2.24) is 10.6 Å². The number of hydrogen-bond acceptors (Lipinski definition) is 3. The molecular formula is C17H20N2O2. The summed E-state index contributed by atoms with van der Waals surface area (Å²) in [4.78, 5) is 11.7. The van der Waals surface area contributed by atoms with Crippen molar-refractivity contribution in [3.05, 3.63) is 65.7 Å². The molecular weight excluding hydrogens is 264 g/mol. The lowest BCUT2D eigenvalue weighted by Crippen LogP contribution is -2.33. The SMILES string of the molecule is COc1ccc(CNCC(=O)NCc2ccccc2)cc1. The average Bonchev–Trinajstić information content (AvgIpc) is 2.54. The Balaban J connectivity index is 1.66. The summed E-state index contributed by atoms with van der Waals surface area (Å²) in [6.07, 6.45) is 0. The Morgan fingerprint density at radius 2 is 1.62 bits per heavy atom. The molecule has 110 valence electrons. The predicted octanol–water partition coefficient (Wildman–Crippen LogP) is 2.10. The maximum Gasteiger partial charge on any atom is 0.234 e. The van der Waals surface area contributed by atoms with Crippen molar-refractivity contribution in [1.29, 1.82) is 0 Å². The van der Waals surface area contributed by atoms with E-state index in [1.165, 1.54) is 0 Å². The Kier molecular flexibility index (Phi) is 5.79. The normalized spacial score (nSPS) is 10.1. The first-order valence-electron chi connectivity index (χ1n) is 6.92. The van der Waals surface area contributed by atoms with Crippen molar-refractivity contribution < 1.29 is 9.53 Å². The van der Waals surface area contributed by atoms with E-state index in [0.717, 1.165) is 16.9 Å². The fraction of sp³-hybridized carbons (Fsp3) is 0.235. The number of nitrogens with one attached hydrogen (secondary N) is 2. The van der Waals surface area contributed by atoms with Crippen LogP contribution in [0.15, 0.2) is 54.6 Å². The van der Waals surface area contributed by atoms with Crippen LogP contribution in [0.4, 0.5) is 0 Å². The number of amides is 1. The molecule has 0 saturated heterocycles. The molecule has 1 amide bonds. The van der Waals surface area contributed by atoms with Gasteiger partial charge in [-0.1, -0.05) is 42.5 Å². The standard InChI is InChI=1S/C17H20N2O2/c1-21-16-9-7-15(8-10-16)11-18-13-17(20)19-12-14-5-3-2-4-6-14/h2-10,18H,11-13H2,1H3,(H,19,20). The van der Waals surface area contributed by atoms with Crippen molar-refractivity contribution >= 4 is 5.91 Å². The number of rotatable bonds is 7. The van der Waals surface area contributed by atoms with Gasteiger partial charge >= 0.3 is 0 Å². The first kappa shape index (κ1) is 15.1. The molecule has 0 aromatic heterocycles. The molecule has 0 radical (unpaired) electrons. The average molecular weight is 284 g/mol. The monoisotopic (exact) mass is 284 g/mol. The summed E-state index contributed by atoms with van der Waals surface area (Å²) in [6.45, 7) is 1.52. The third-order valence-electron chi connectivity index (χ3n) is 3.11. The van der Waals surface area contributed by atoms with Crippen LogP contribution in [0.5, 0.6) is 5.75 Å². The molecule has 4 heteroatoms. The van der Waals surface area contributed by atoms with Gasteiger partial charge in [0.25, 0.3) is 0 Å². The topological polar surface area (TPSA) is 50.4 Å². The molecule has 21 heavy (non-hydrogen) atoms. The van der Waals surface area contributed by atoms with E-state index in [1.807, 2.05) is 54.6 Å². The number of methoxy groups -OCH3 is 1. The molecule has 0 aliphatic carbocycles. The predicted molar refractivity (Wildman–Crippen MR) is 83.0 cm³/mol. The lowest BCUT2D eigenvalue weighted by atomic mass is 10.2. The maximum atomic E-state index is 11.7. The zero-order valence-corrected chi connectivity index (χ0v) is 12.1. The summed E-state index contributed by atoms with van der Waals surface area (Å²) in [5.41, 5.74) is 2.22. The van der Waals surface area contributed by atoms with Crippen molar-refractivity contribution in [3.63, 3.8) is 0 Å². The molecule has 0 atom stereocenters. The largest absolute Gasteiger partial charge is 0.497 e. The summed E-state index contributed by atoms with van der Waals surface area (Å²) in [5, 5.41) is 6.00. The van der Waals surface area contributed by atoms with Crippen LogP contribution in [-0.2, 0) is 17.9 Å². The van der Waals surface area contributed by atoms with Crippen LogP contribution in [0, 0.1) is 0 Å². The smallest absolute Gasteiger partial charge is 0.234 e. The van der Waals surface area contributed by atoms with Crippen molar-refractivity contribution in [2.24, 2.45) is 0 Å². The van der Waals surface area contributed by atoms with Crippen LogP contribution in [0.3, 0.4) is 0 Å². The second kappa shape index (κ2) is 8.07. The van der Waals surface area contributed by atoms with Crippen molar-refractivity contribution in [3.8, 4) is 5.75 Å². The van der Waals surface area contributed by atoms with Gasteiger partial charge in [0, 0.05) is 13.1 Å². The van der Waals surface area contributed by atoms with Crippen LogP contribution in [-0.4, -0.2) is 19.6 Å². The van der Waals surface area contributed by atoms with E-state index < -0.39 is 0 Å². The van der Waals surface area contributed by atoms with Gasteiger partial charge in [0.15, 0.2) is 0 Å². The number of benzene rings is 2. The quantitative estimate of drug-likeness (QED) is 0.818. The highest BCUT2D eigenvalue weighted by molar-refractivity contribution is 5.77. The fourth-order valence-electron chi connectivity index (χ4n) is 1.92. The molecule has 0 saturated carbocycles. The summed E-state index contributed by atoms with van der Waals surface area (Å²) in [7, 11) is 1.64.